The van der Waals surface area contributed by atoms with Crippen molar-refractivity contribution in [2.75, 3.05) is 25.6 Å². The van der Waals surface area contributed by atoms with E-state index in [-0.39, 0.29) is 0 Å². The van der Waals surface area contributed by atoms with Crippen LogP contribution < -0.4 is 0 Å². The lowest BCUT2D eigenvalue weighted by molar-refractivity contribution is -0.164. The third-order valence-electron chi connectivity index (χ3n) is 1.83. The molecular weight excluding hydrogens is 232 g/mol. The zero-order chi connectivity index (χ0) is 12.0. The number of carbonyl (C=O) groups is 2. The van der Waals surface area contributed by atoms with Crippen LogP contribution in [-0.4, -0.2) is 42.4 Å². The van der Waals surface area contributed by atoms with E-state index in [1.807, 2.05) is 0 Å². The molecule has 0 aromatic heterocycles. The summed E-state index contributed by atoms with van der Waals surface area (Å²) in [5.41, 5.74) is 0. The largest absolute Gasteiger partial charge is 0.451 e. The molecule has 0 aromatic rings. The van der Waals surface area contributed by atoms with Gasteiger partial charge in [-0.2, -0.15) is 0 Å². The molecule has 5 nitrogen and oxygen atoms in total. The fraction of sp³-hybridized carbons (Fsp3) is 0.600. The van der Waals surface area contributed by atoms with E-state index in [0.717, 1.165) is 11.8 Å². The summed E-state index contributed by atoms with van der Waals surface area (Å²) >= 11 is 1.51. The van der Waals surface area contributed by atoms with Crippen LogP contribution in [0.15, 0.2) is 12.7 Å². The van der Waals surface area contributed by atoms with Crippen molar-refractivity contribution in [1.82, 2.24) is 0 Å². The topological polar surface area (TPSA) is 61.8 Å². The van der Waals surface area contributed by atoms with Gasteiger partial charge in [0.05, 0.1) is 13.2 Å². The van der Waals surface area contributed by atoms with Crippen LogP contribution in [0.3, 0.4) is 0 Å². The highest BCUT2D eigenvalue weighted by atomic mass is 32.2. The highest BCUT2D eigenvalue weighted by molar-refractivity contribution is 8.00. The predicted molar refractivity (Wildman–Crippen MR) is 58.9 cm³/mol. The summed E-state index contributed by atoms with van der Waals surface area (Å²) in [4.78, 5) is 21.4. The van der Waals surface area contributed by atoms with Crippen molar-refractivity contribution in [2.24, 2.45) is 0 Å². The Morgan fingerprint density at radius 3 is 2.94 bits per heavy atom. The number of esters is 2. The van der Waals surface area contributed by atoms with Gasteiger partial charge in [-0.05, 0) is 6.92 Å². The Labute approximate surface area is 98.1 Å². The molecule has 1 heterocycles. The molecule has 0 N–H and O–H groups in total. The predicted octanol–water partition coefficient (Wildman–Crippen LogP) is 0.738. The molecule has 1 unspecified atom stereocenters. The summed E-state index contributed by atoms with van der Waals surface area (Å²) in [7, 11) is 0. The second-order valence-corrected chi connectivity index (χ2v) is 4.88. The number of ether oxygens (including phenoxy) is 3. The quantitative estimate of drug-likeness (QED) is 0.538. The lowest BCUT2D eigenvalue weighted by Crippen LogP contribution is -2.38. The normalized spacial score (nSPS) is 24.6. The monoisotopic (exact) mass is 246 g/mol. The molecule has 0 aliphatic carbocycles. The van der Waals surface area contributed by atoms with Crippen molar-refractivity contribution in [3.05, 3.63) is 12.7 Å². The molecule has 0 saturated carbocycles. The minimum absolute atomic E-state index is 0.346. The maximum Gasteiger partial charge on any atom is 0.345 e. The van der Waals surface area contributed by atoms with Crippen LogP contribution in [0.2, 0.25) is 0 Å². The lowest BCUT2D eigenvalue weighted by Gasteiger charge is -2.32. The van der Waals surface area contributed by atoms with E-state index in [0.29, 0.717) is 13.2 Å². The van der Waals surface area contributed by atoms with Crippen LogP contribution in [0.25, 0.3) is 0 Å². The third-order valence-corrected chi connectivity index (χ3v) is 3.01. The van der Waals surface area contributed by atoms with E-state index in [1.54, 1.807) is 6.92 Å². The first-order chi connectivity index (χ1) is 7.56. The first kappa shape index (κ1) is 13.1. The molecule has 1 atom stereocenters. The summed E-state index contributed by atoms with van der Waals surface area (Å²) in [5, 5.41) is 0. The van der Waals surface area contributed by atoms with E-state index in [1.165, 1.54) is 11.8 Å². The summed E-state index contributed by atoms with van der Waals surface area (Å²) in [6.07, 6.45) is 0.994. The van der Waals surface area contributed by atoms with Gasteiger partial charge in [-0.1, -0.05) is 6.58 Å². The molecule has 0 spiro atoms. The molecule has 1 aliphatic heterocycles. The Kier molecular flexibility index (Phi) is 4.82. The maximum absolute atomic E-state index is 11.3. The second kappa shape index (κ2) is 5.91. The smallest absolute Gasteiger partial charge is 0.345 e. The summed E-state index contributed by atoms with van der Waals surface area (Å²) < 4.78 is 14.9. The molecule has 0 bridgehead atoms. The van der Waals surface area contributed by atoms with Gasteiger partial charge in [-0.25, -0.2) is 9.59 Å². The van der Waals surface area contributed by atoms with E-state index < -0.39 is 23.5 Å². The molecule has 1 aliphatic rings. The van der Waals surface area contributed by atoms with Crippen LogP contribution in [0.5, 0.6) is 0 Å². The zero-order valence-corrected chi connectivity index (χ0v) is 9.88. The minimum atomic E-state index is -0.685. The zero-order valence-electron chi connectivity index (χ0n) is 9.06. The van der Waals surface area contributed by atoms with Gasteiger partial charge in [0, 0.05) is 11.8 Å². The molecule has 1 saturated heterocycles. The van der Waals surface area contributed by atoms with Crippen LogP contribution >= 0.6 is 11.8 Å². The standard InChI is InChI=1S/C10H14O5S/c1-3-8(11)14-6-9(12)15-10(2)7-13-4-5-16-10/h3H,1,4-7H2,2H3. The number of rotatable bonds is 4. The van der Waals surface area contributed by atoms with E-state index in [4.69, 9.17) is 9.47 Å². The summed E-state index contributed by atoms with van der Waals surface area (Å²) in [6, 6.07) is 0. The summed E-state index contributed by atoms with van der Waals surface area (Å²) in [5.74, 6) is -0.457. The van der Waals surface area contributed by atoms with Gasteiger partial charge in [0.25, 0.3) is 0 Å². The van der Waals surface area contributed by atoms with E-state index in [9.17, 15) is 9.59 Å². The Morgan fingerprint density at radius 2 is 2.38 bits per heavy atom. The van der Waals surface area contributed by atoms with Crippen molar-refractivity contribution in [3.63, 3.8) is 0 Å². The van der Waals surface area contributed by atoms with E-state index in [2.05, 4.69) is 11.3 Å². The second-order valence-electron chi connectivity index (χ2n) is 3.32. The first-order valence-electron chi connectivity index (χ1n) is 4.78. The minimum Gasteiger partial charge on any atom is -0.451 e. The fourth-order valence-corrected chi connectivity index (χ4v) is 2.09. The van der Waals surface area contributed by atoms with Gasteiger partial charge < -0.3 is 14.2 Å². The Bertz CT molecular complexity index is 283. The lowest BCUT2D eigenvalue weighted by atomic mass is 10.4. The van der Waals surface area contributed by atoms with Crippen molar-refractivity contribution in [2.45, 2.75) is 11.9 Å². The molecular formula is C10H14O5S. The molecule has 0 amide bonds. The van der Waals surface area contributed by atoms with Crippen molar-refractivity contribution in [3.8, 4) is 0 Å². The highest BCUT2D eigenvalue weighted by Crippen LogP contribution is 2.30. The van der Waals surface area contributed by atoms with Crippen LogP contribution in [0.4, 0.5) is 0 Å². The van der Waals surface area contributed by atoms with Gasteiger partial charge in [-0.3, -0.25) is 0 Å². The average Bonchev–Trinajstić information content (AvgIpc) is 2.26. The third kappa shape index (κ3) is 4.24. The highest BCUT2D eigenvalue weighted by Gasteiger charge is 2.32. The molecule has 6 heteroatoms. The van der Waals surface area contributed by atoms with Crippen LogP contribution in [-0.2, 0) is 23.8 Å². The van der Waals surface area contributed by atoms with Gasteiger partial charge in [0.1, 0.15) is 0 Å². The number of carbonyl (C=O) groups excluding carboxylic acids is 2. The SMILES string of the molecule is C=CC(=O)OCC(=O)OC1(C)COCCS1. The summed E-state index contributed by atoms with van der Waals surface area (Å²) in [6.45, 7) is 5.59. The molecule has 0 aromatic carbocycles. The van der Waals surface area contributed by atoms with Crippen molar-refractivity contribution in [1.29, 1.82) is 0 Å². The molecule has 16 heavy (non-hydrogen) atoms. The van der Waals surface area contributed by atoms with Crippen LogP contribution in [0.1, 0.15) is 6.92 Å². The van der Waals surface area contributed by atoms with E-state index >= 15 is 0 Å². The number of hydrogen-bond donors (Lipinski definition) is 0. The number of hydrogen-bond acceptors (Lipinski definition) is 6. The first-order valence-corrected chi connectivity index (χ1v) is 5.77. The van der Waals surface area contributed by atoms with Gasteiger partial charge in [-0.15, -0.1) is 11.8 Å². The van der Waals surface area contributed by atoms with Gasteiger partial charge in [0.2, 0.25) is 0 Å². The fourth-order valence-electron chi connectivity index (χ4n) is 1.13. The number of thioether (sulfide) groups is 1. The average molecular weight is 246 g/mol. The Hall–Kier alpha value is -1.01. The Balaban J connectivity index is 2.32. The van der Waals surface area contributed by atoms with Gasteiger partial charge in [0.15, 0.2) is 11.5 Å². The van der Waals surface area contributed by atoms with Gasteiger partial charge >= 0.3 is 11.9 Å². The van der Waals surface area contributed by atoms with Crippen molar-refractivity contribution >= 4 is 23.7 Å². The van der Waals surface area contributed by atoms with Crippen LogP contribution in [0, 0.1) is 0 Å². The molecule has 1 fully saturated rings. The molecule has 90 valence electrons. The maximum atomic E-state index is 11.3. The van der Waals surface area contributed by atoms with Crippen molar-refractivity contribution < 1.29 is 23.8 Å². The molecule has 0 radical (unpaired) electrons. The molecule has 1 rings (SSSR count). The Morgan fingerprint density at radius 1 is 1.62 bits per heavy atom.